The van der Waals surface area contributed by atoms with Gasteiger partial charge in [-0.05, 0) is 24.0 Å². The van der Waals surface area contributed by atoms with E-state index in [2.05, 4.69) is 12.7 Å². The monoisotopic (exact) mass is 146 g/mol. The summed E-state index contributed by atoms with van der Waals surface area (Å²) in [6, 6.07) is 0. The molecule has 0 aromatic carbocycles. The first-order valence-corrected chi connectivity index (χ1v) is 3.90. The first-order valence-electron chi connectivity index (χ1n) is 3.90. The summed E-state index contributed by atoms with van der Waals surface area (Å²) in [4.78, 5) is 11.2. The second-order valence-electron chi connectivity index (χ2n) is 3.04. The molecule has 2 aliphatic carbocycles. The van der Waals surface area contributed by atoms with Gasteiger partial charge in [-0.15, -0.1) is 0 Å². The average molecular weight is 146 g/mol. The molecule has 0 saturated heterocycles. The lowest BCUT2D eigenvalue weighted by Crippen LogP contribution is -1.95. The van der Waals surface area contributed by atoms with Crippen LogP contribution in [-0.2, 0) is 4.79 Å². The molecule has 56 valence electrons. The van der Waals surface area contributed by atoms with Crippen molar-refractivity contribution in [2.75, 3.05) is 0 Å². The molecular formula is C10H10O. The maximum Gasteiger partial charge on any atom is 0.167 e. The van der Waals surface area contributed by atoms with E-state index in [9.17, 15) is 4.79 Å². The van der Waals surface area contributed by atoms with Crippen LogP contribution in [0.5, 0.6) is 0 Å². The van der Waals surface area contributed by atoms with Gasteiger partial charge in [0.15, 0.2) is 5.78 Å². The van der Waals surface area contributed by atoms with Crippen molar-refractivity contribution >= 4 is 5.78 Å². The van der Waals surface area contributed by atoms with Crippen LogP contribution >= 0.6 is 0 Å². The van der Waals surface area contributed by atoms with Crippen LogP contribution in [0.25, 0.3) is 0 Å². The van der Waals surface area contributed by atoms with Crippen molar-refractivity contribution in [3.05, 3.63) is 35.5 Å². The van der Waals surface area contributed by atoms with Gasteiger partial charge >= 0.3 is 0 Å². The van der Waals surface area contributed by atoms with Crippen LogP contribution in [0.2, 0.25) is 0 Å². The number of ketones is 1. The van der Waals surface area contributed by atoms with Crippen molar-refractivity contribution in [1.82, 2.24) is 0 Å². The Kier molecular flexibility index (Phi) is 1.31. The largest absolute Gasteiger partial charge is 0.294 e. The molecule has 1 nitrogen and oxygen atoms in total. The van der Waals surface area contributed by atoms with Gasteiger partial charge in [-0.2, -0.15) is 0 Å². The van der Waals surface area contributed by atoms with E-state index in [1.807, 2.05) is 6.08 Å². The van der Waals surface area contributed by atoms with E-state index in [4.69, 9.17) is 0 Å². The summed E-state index contributed by atoms with van der Waals surface area (Å²) in [7, 11) is 0. The standard InChI is InChI=1S/C10H10O/c1-7-6-10(11)9-5-3-2-4-8(7)9/h3,5H,1-2,4,6H2. The van der Waals surface area contributed by atoms with Crippen LogP contribution in [0.4, 0.5) is 0 Å². The predicted octanol–water partition coefficient (Wildman–Crippen LogP) is 2.16. The molecule has 0 amide bonds. The van der Waals surface area contributed by atoms with E-state index < -0.39 is 0 Å². The molecule has 0 aromatic heterocycles. The van der Waals surface area contributed by atoms with E-state index in [1.165, 1.54) is 5.57 Å². The molecule has 0 fully saturated rings. The molecule has 0 N–H and O–H groups in total. The summed E-state index contributed by atoms with van der Waals surface area (Å²) >= 11 is 0. The van der Waals surface area contributed by atoms with Gasteiger partial charge in [-0.3, -0.25) is 4.79 Å². The molecule has 1 heteroatoms. The zero-order valence-electron chi connectivity index (χ0n) is 6.39. The molecule has 0 heterocycles. The summed E-state index contributed by atoms with van der Waals surface area (Å²) in [6.07, 6.45) is 6.63. The molecule has 11 heavy (non-hydrogen) atoms. The van der Waals surface area contributed by atoms with E-state index in [1.54, 1.807) is 0 Å². The Labute approximate surface area is 66.1 Å². The molecule has 0 atom stereocenters. The minimum atomic E-state index is 0.251. The van der Waals surface area contributed by atoms with Crippen LogP contribution in [0, 0.1) is 0 Å². The maximum atomic E-state index is 11.2. The van der Waals surface area contributed by atoms with Crippen molar-refractivity contribution in [3.63, 3.8) is 0 Å². The molecule has 0 aromatic rings. The third-order valence-corrected chi connectivity index (χ3v) is 2.27. The Morgan fingerprint density at radius 3 is 3.00 bits per heavy atom. The number of carbonyl (C=O) groups excluding carboxylic acids is 1. The number of allylic oxidation sites excluding steroid dienone is 5. The fourth-order valence-electron chi connectivity index (χ4n) is 1.69. The van der Waals surface area contributed by atoms with Gasteiger partial charge in [0.2, 0.25) is 0 Å². The quantitative estimate of drug-likeness (QED) is 0.511. The van der Waals surface area contributed by atoms with Gasteiger partial charge in [0.05, 0.1) is 0 Å². The van der Waals surface area contributed by atoms with Crippen molar-refractivity contribution in [2.45, 2.75) is 19.3 Å². The summed E-state index contributed by atoms with van der Waals surface area (Å²) in [5.74, 6) is 0.251. The second kappa shape index (κ2) is 2.19. The fourth-order valence-corrected chi connectivity index (χ4v) is 1.69. The van der Waals surface area contributed by atoms with Crippen LogP contribution in [-0.4, -0.2) is 5.78 Å². The Morgan fingerprint density at radius 1 is 1.45 bits per heavy atom. The Balaban J connectivity index is 2.49. The number of rotatable bonds is 0. The molecular weight excluding hydrogens is 136 g/mol. The molecule has 0 bridgehead atoms. The lowest BCUT2D eigenvalue weighted by Gasteiger charge is -2.06. The molecule has 0 radical (unpaired) electrons. The highest BCUT2D eigenvalue weighted by Gasteiger charge is 2.24. The molecule has 0 aliphatic heterocycles. The normalized spacial score (nSPS) is 22.9. The maximum absolute atomic E-state index is 11.2. The third kappa shape index (κ3) is 0.881. The summed E-state index contributed by atoms with van der Waals surface area (Å²) in [5, 5.41) is 0. The lowest BCUT2D eigenvalue weighted by molar-refractivity contribution is -0.114. The van der Waals surface area contributed by atoms with Crippen LogP contribution in [0.15, 0.2) is 35.5 Å². The van der Waals surface area contributed by atoms with Gasteiger partial charge in [0, 0.05) is 12.0 Å². The Bertz CT molecular complexity index is 292. The van der Waals surface area contributed by atoms with Crippen molar-refractivity contribution in [3.8, 4) is 0 Å². The first-order chi connectivity index (χ1) is 5.29. The molecule has 2 rings (SSSR count). The van der Waals surface area contributed by atoms with Crippen LogP contribution in [0.3, 0.4) is 0 Å². The van der Waals surface area contributed by atoms with Crippen LogP contribution < -0.4 is 0 Å². The van der Waals surface area contributed by atoms with Crippen molar-refractivity contribution in [2.24, 2.45) is 0 Å². The van der Waals surface area contributed by atoms with Crippen molar-refractivity contribution < 1.29 is 4.79 Å². The van der Waals surface area contributed by atoms with Gasteiger partial charge in [-0.25, -0.2) is 0 Å². The molecule has 2 aliphatic rings. The van der Waals surface area contributed by atoms with Crippen LogP contribution in [0.1, 0.15) is 19.3 Å². The van der Waals surface area contributed by atoms with Crippen molar-refractivity contribution in [1.29, 1.82) is 0 Å². The highest BCUT2D eigenvalue weighted by molar-refractivity contribution is 6.05. The zero-order valence-corrected chi connectivity index (χ0v) is 6.39. The Morgan fingerprint density at radius 2 is 2.27 bits per heavy atom. The van der Waals surface area contributed by atoms with E-state index in [-0.39, 0.29) is 5.78 Å². The number of hydrogen-bond acceptors (Lipinski definition) is 1. The minimum Gasteiger partial charge on any atom is -0.294 e. The lowest BCUT2D eigenvalue weighted by atomic mass is 9.98. The zero-order chi connectivity index (χ0) is 7.84. The highest BCUT2D eigenvalue weighted by atomic mass is 16.1. The molecule has 0 unspecified atom stereocenters. The molecule has 0 saturated carbocycles. The number of hydrogen-bond donors (Lipinski definition) is 0. The minimum absolute atomic E-state index is 0.251. The number of Topliss-reactive ketones (excluding diaryl/α,β-unsaturated/α-hetero) is 1. The topological polar surface area (TPSA) is 17.1 Å². The summed E-state index contributed by atoms with van der Waals surface area (Å²) in [5.41, 5.74) is 3.16. The second-order valence-corrected chi connectivity index (χ2v) is 3.04. The third-order valence-electron chi connectivity index (χ3n) is 2.27. The van der Waals surface area contributed by atoms with Gasteiger partial charge in [0.1, 0.15) is 0 Å². The van der Waals surface area contributed by atoms with E-state index in [0.29, 0.717) is 6.42 Å². The number of carbonyl (C=O) groups is 1. The molecule has 0 spiro atoms. The fraction of sp³-hybridized carbons (Fsp3) is 0.300. The SMILES string of the molecule is C=C1CC(=O)C2=C1CCC=C2. The van der Waals surface area contributed by atoms with Gasteiger partial charge in [0.25, 0.3) is 0 Å². The average Bonchev–Trinajstić information content (AvgIpc) is 2.30. The first kappa shape index (κ1) is 6.59. The predicted molar refractivity (Wildman–Crippen MR) is 44.2 cm³/mol. The summed E-state index contributed by atoms with van der Waals surface area (Å²) in [6.45, 7) is 3.88. The van der Waals surface area contributed by atoms with E-state index >= 15 is 0 Å². The summed E-state index contributed by atoms with van der Waals surface area (Å²) < 4.78 is 0. The van der Waals surface area contributed by atoms with E-state index in [0.717, 1.165) is 24.0 Å². The highest BCUT2D eigenvalue weighted by Crippen LogP contribution is 2.33. The van der Waals surface area contributed by atoms with Gasteiger partial charge < -0.3 is 0 Å². The smallest absolute Gasteiger partial charge is 0.167 e. The van der Waals surface area contributed by atoms with Gasteiger partial charge in [-0.1, -0.05) is 18.7 Å². The Hall–Kier alpha value is -1.11.